The van der Waals surface area contributed by atoms with Gasteiger partial charge in [-0.25, -0.2) is 0 Å². The van der Waals surface area contributed by atoms with Crippen LogP contribution in [0, 0.1) is 0 Å². The molecule has 0 bridgehead atoms. The van der Waals surface area contributed by atoms with E-state index in [0.29, 0.717) is 31.1 Å². The Kier molecular flexibility index (Phi) is 5.56. The molecule has 5 nitrogen and oxygen atoms in total. The molecule has 0 atom stereocenters. The van der Waals surface area contributed by atoms with Crippen LogP contribution in [0.1, 0.15) is 17.5 Å². The van der Waals surface area contributed by atoms with Crippen LogP contribution >= 0.6 is 11.6 Å². The van der Waals surface area contributed by atoms with E-state index in [2.05, 4.69) is 10.6 Å². The number of halogens is 1. The zero-order chi connectivity index (χ0) is 16.8. The first-order chi connectivity index (χ1) is 11.7. The predicted octanol–water partition coefficient (Wildman–Crippen LogP) is 2.86. The van der Waals surface area contributed by atoms with E-state index in [0.717, 1.165) is 22.6 Å². The molecule has 0 saturated carbocycles. The number of carbonyl (C=O) groups is 1. The maximum absolute atomic E-state index is 11.8. The molecule has 126 valence electrons. The van der Waals surface area contributed by atoms with E-state index in [1.807, 2.05) is 42.5 Å². The lowest BCUT2D eigenvalue weighted by Gasteiger charge is -2.07. The molecule has 3 rings (SSSR count). The summed E-state index contributed by atoms with van der Waals surface area (Å²) in [4.78, 5) is 11.8. The van der Waals surface area contributed by atoms with Crippen LogP contribution in [0.25, 0.3) is 0 Å². The van der Waals surface area contributed by atoms with Crippen LogP contribution in [-0.2, 0) is 17.9 Å². The molecule has 0 radical (unpaired) electrons. The van der Waals surface area contributed by atoms with Gasteiger partial charge in [0.25, 0.3) is 0 Å². The van der Waals surface area contributed by atoms with Gasteiger partial charge in [0.1, 0.15) is 0 Å². The van der Waals surface area contributed by atoms with Gasteiger partial charge >= 0.3 is 0 Å². The van der Waals surface area contributed by atoms with Crippen molar-refractivity contribution in [2.24, 2.45) is 0 Å². The minimum atomic E-state index is 0.0168. The largest absolute Gasteiger partial charge is 0.454 e. The summed E-state index contributed by atoms with van der Waals surface area (Å²) in [5.41, 5.74) is 2.13. The predicted molar refractivity (Wildman–Crippen MR) is 92.2 cm³/mol. The molecule has 0 spiro atoms. The van der Waals surface area contributed by atoms with Crippen LogP contribution in [0.3, 0.4) is 0 Å². The average Bonchev–Trinajstić information content (AvgIpc) is 3.06. The molecular formula is C18H19ClN2O3. The lowest BCUT2D eigenvalue weighted by molar-refractivity contribution is -0.121. The summed E-state index contributed by atoms with van der Waals surface area (Å²) in [6.45, 7) is 2.08. The molecule has 0 saturated heterocycles. The van der Waals surface area contributed by atoms with Gasteiger partial charge in [-0.15, -0.1) is 0 Å². The summed E-state index contributed by atoms with van der Waals surface area (Å²) < 4.78 is 10.6. The third-order valence-electron chi connectivity index (χ3n) is 3.70. The second-order valence-corrected chi connectivity index (χ2v) is 5.95. The summed E-state index contributed by atoms with van der Waals surface area (Å²) in [5, 5.41) is 6.84. The van der Waals surface area contributed by atoms with Crippen molar-refractivity contribution in [1.29, 1.82) is 0 Å². The first-order valence-corrected chi connectivity index (χ1v) is 8.19. The monoisotopic (exact) mass is 346 g/mol. The Balaban J connectivity index is 1.34. The van der Waals surface area contributed by atoms with Gasteiger partial charge in [0.2, 0.25) is 12.7 Å². The van der Waals surface area contributed by atoms with E-state index in [-0.39, 0.29) is 12.7 Å². The number of fused-ring (bicyclic) bond motifs is 1. The molecule has 2 N–H and O–H groups in total. The Morgan fingerprint density at radius 3 is 2.58 bits per heavy atom. The van der Waals surface area contributed by atoms with Crippen LogP contribution in [0.4, 0.5) is 0 Å². The summed E-state index contributed by atoms with van der Waals surface area (Å²) in [7, 11) is 0. The SMILES string of the molecule is O=C(CCNCc1ccc2c(c1)OCO2)NCc1ccc(Cl)cc1. The number of carbonyl (C=O) groups excluding carboxylic acids is 1. The maximum atomic E-state index is 11.8. The fraction of sp³-hybridized carbons (Fsp3) is 0.278. The Morgan fingerprint density at radius 1 is 1.00 bits per heavy atom. The van der Waals surface area contributed by atoms with E-state index >= 15 is 0 Å². The molecule has 1 aliphatic heterocycles. The van der Waals surface area contributed by atoms with Crippen LogP contribution < -0.4 is 20.1 Å². The third-order valence-corrected chi connectivity index (χ3v) is 3.95. The van der Waals surface area contributed by atoms with Crippen molar-refractivity contribution >= 4 is 17.5 Å². The van der Waals surface area contributed by atoms with E-state index in [4.69, 9.17) is 21.1 Å². The number of ether oxygens (including phenoxy) is 2. The highest BCUT2D eigenvalue weighted by Crippen LogP contribution is 2.32. The Labute approximate surface area is 145 Å². The minimum absolute atomic E-state index is 0.0168. The van der Waals surface area contributed by atoms with Crippen molar-refractivity contribution in [3.05, 3.63) is 58.6 Å². The molecule has 0 unspecified atom stereocenters. The molecule has 2 aromatic rings. The smallest absolute Gasteiger partial charge is 0.231 e. The second-order valence-electron chi connectivity index (χ2n) is 5.52. The lowest BCUT2D eigenvalue weighted by Crippen LogP contribution is -2.27. The second kappa shape index (κ2) is 8.04. The normalized spacial score (nSPS) is 12.2. The van der Waals surface area contributed by atoms with Gasteiger partial charge in [0.05, 0.1) is 0 Å². The highest BCUT2D eigenvalue weighted by Gasteiger charge is 2.12. The highest BCUT2D eigenvalue weighted by atomic mass is 35.5. The topological polar surface area (TPSA) is 59.6 Å². The van der Waals surface area contributed by atoms with Gasteiger partial charge in [0, 0.05) is 31.1 Å². The first-order valence-electron chi connectivity index (χ1n) is 7.81. The maximum Gasteiger partial charge on any atom is 0.231 e. The molecule has 0 aromatic heterocycles. The Hall–Kier alpha value is -2.24. The van der Waals surface area contributed by atoms with Gasteiger partial charge in [-0.1, -0.05) is 29.8 Å². The summed E-state index contributed by atoms with van der Waals surface area (Å²) in [6.07, 6.45) is 0.429. The van der Waals surface area contributed by atoms with Crippen molar-refractivity contribution in [3.63, 3.8) is 0 Å². The standard InChI is InChI=1S/C18H19ClN2O3/c19-15-4-1-13(2-5-15)11-21-18(22)7-8-20-10-14-3-6-16-17(9-14)24-12-23-16/h1-6,9,20H,7-8,10-12H2,(H,21,22). The van der Waals surface area contributed by atoms with Crippen molar-refractivity contribution < 1.29 is 14.3 Å². The van der Waals surface area contributed by atoms with Gasteiger partial charge < -0.3 is 20.1 Å². The molecular weight excluding hydrogens is 328 g/mol. The highest BCUT2D eigenvalue weighted by molar-refractivity contribution is 6.30. The molecule has 0 fully saturated rings. The average molecular weight is 347 g/mol. The Morgan fingerprint density at radius 2 is 1.75 bits per heavy atom. The quantitative estimate of drug-likeness (QED) is 0.757. The molecule has 1 amide bonds. The number of nitrogens with one attached hydrogen (secondary N) is 2. The summed E-state index contributed by atoms with van der Waals surface area (Å²) >= 11 is 5.83. The molecule has 6 heteroatoms. The fourth-order valence-electron chi connectivity index (χ4n) is 2.38. The zero-order valence-corrected chi connectivity index (χ0v) is 13.9. The zero-order valence-electron chi connectivity index (χ0n) is 13.2. The van der Waals surface area contributed by atoms with Gasteiger partial charge in [-0.3, -0.25) is 4.79 Å². The van der Waals surface area contributed by atoms with Crippen LogP contribution in [0.15, 0.2) is 42.5 Å². The summed E-state index contributed by atoms with van der Waals surface area (Å²) in [5.74, 6) is 1.57. The minimum Gasteiger partial charge on any atom is -0.454 e. The van der Waals surface area contributed by atoms with E-state index in [9.17, 15) is 4.79 Å². The molecule has 1 aliphatic rings. The van der Waals surface area contributed by atoms with E-state index in [1.165, 1.54) is 0 Å². The number of hydrogen-bond acceptors (Lipinski definition) is 4. The van der Waals surface area contributed by atoms with E-state index in [1.54, 1.807) is 0 Å². The van der Waals surface area contributed by atoms with Crippen molar-refractivity contribution in [3.8, 4) is 11.5 Å². The van der Waals surface area contributed by atoms with Crippen molar-refractivity contribution in [2.75, 3.05) is 13.3 Å². The first kappa shape index (κ1) is 16.6. The van der Waals surface area contributed by atoms with Crippen LogP contribution in [0.2, 0.25) is 5.02 Å². The Bertz CT molecular complexity index is 704. The molecule has 24 heavy (non-hydrogen) atoms. The molecule has 1 heterocycles. The third kappa shape index (κ3) is 4.63. The van der Waals surface area contributed by atoms with E-state index < -0.39 is 0 Å². The fourth-order valence-corrected chi connectivity index (χ4v) is 2.50. The number of benzene rings is 2. The van der Waals surface area contributed by atoms with Crippen molar-refractivity contribution in [2.45, 2.75) is 19.5 Å². The van der Waals surface area contributed by atoms with Crippen molar-refractivity contribution in [1.82, 2.24) is 10.6 Å². The number of amides is 1. The van der Waals surface area contributed by atoms with Gasteiger partial charge in [-0.2, -0.15) is 0 Å². The van der Waals surface area contributed by atoms with Gasteiger partial charge in [0.15, 0.2) is 11.5 Å². The number of rotatable bonds is 7. The van der Waals surface area contributed by atoms with Crippen LogP contribution in [-0.4, -0.2) is 19.2 Å². The molecule has 0 aliphatic carbocycles. The molecule has 2 aromatic carbocycles. The lowest BCUT2D eigenvalue weighted by atomic mass is 10.2. The number of hydrogen-bond donors (Lipinski definition) is 2. The summed E-state index contributed by atoms with van der Waals surface area (Å²) in [6, 6.07) is 13.3. The van der Waals surface area contributed by atoms with Gasteiger partial charge in [-0.05, 0) is 35.4 Å². The van der Waals surface area contributed by atoms with Crippen LogP contribution in [0.5, 0.6) is 11.5 Å².